The van der Waals surface area contributed by atoms with Crippen molar-refractivity contribution in [2.75, 3.05) is 25.0 Å². The van der Waals surface area contributed by atoms with Crippen LogP contribution >= 0.6 is 0 Å². The molecule has 11 heteroatoms. The average molecular weight is 449 g/mol. The molecule has 0 unspecified atom stereocenters. The van der Waals surface area contributed by atoms with E-state index in [2.05, 4.69) is 10.6 Å². The molecule has 32 heavy (non-hydrogen) atoms. The summed E-state index contributed by atoms with van der Waals surface area (Å²) in [5.41, 5.74) is 11.4. The third-order valence-corrected chi connectivity index (χ3v) is 5.35. The van der Waals surface area contributed by atoms with Crippen molar-refractivity contribution in [1.29, 1.82) is 0 Å². The molecule has 0 aromatic heterocycles. The van der Waals surface area contributed by atoms with E-state index in [1.54, 1.807) is 0 Å². The first-order valence-electron chi connectivity index (χ1n) is 10.9. The van der Waals surface area contributed by atoms with E-state index in [0.717, 1.165) is 11.3 Å². The molecule has 1 heterocycles. The van der Waals surface area contributed by atoms with Crippen LogP contribution in [0.1, 0.15) is 44.9 Å². The predicted octanol–water partition coefficient (Wildman–Crippen LogP) is 0.877. The van der Waals surface area contributed by atoms with Gasteiger partial charge in [-0.2, -0.15) is 0 Å². The van der Waals surface area contributed by atoms with Gasteiger partial charge in [-0.25, -0.2) is 0 Å². The highest BCUT2D eigenvalue weighted by Gasteiger charge is 2.38. The Morgan fingerprint density at radius 1 is 1.16 bits per heavy atom. The number of carbonyl (C=O) groups excluding carboxylic acids is 3. The van der Waals surface area contributed by atoms with Crippen molar-refractivity contribution in [3.8, 4) is 0 Å². The number of anilines is 1. The number of carbonyl (C=O) groups is 3. The molecular weight excluding hydrogens is 416 g/mol. The van der Waals surface area contributed by atoms with Crippen LogP contribution < -0.4 is 22.1 Å². The normalized spacial score (nSPS) is 16.4. The second-order valence-electron chi connectivity index (χ2n) is 7.74. The molecule has 1 aromatic rings. The number of benzene rings is 1. The summed E-state index contributed by atoms with van der Waals surface area (Å²) < 4.78 is 0. The Hall–Kier alpha value is -2.89. The largest absolute Gasteiger partial charge is 0.330 e. The van der Waals surface area contributed by atoms with E-state index in [4.69, 9.17) is 11.5 Å². The van der Waals surface area contributed by atoms with E-state index in [1.807, 2.05) is 0 Å². The summed E-state index contributed by atoms with van der Waals surface area (Å²) in [5, 5.41) is 16.6. The Morgan fingerprint density at radius 2 is 1.84 bits per heavy atom. The number of rotatable bonds is 12. The van der Waals surface area contributed by atoms with Crippen LogP contribution in [0.25, 0.3) is 0 Å². The molecule has 176 valence electrons. The van der Waals surface area contributed by atoms with Crippen molar-refractivity contribution >= 4 is 29.1 Å². The Morgan fingerprint density at radius 3 is 2.41 bits per heavy atom. The number of nitro groups is 1. The number of nitrogens with one attached hydrogen (secondary N) is 2. The smallest absolute Gasteiger partial charge is 0.269 e. The van der Waals surface area contributed by atoms with Crippen LogP contribution in [0, 0.1) is 10.1 Å². The van der Waals surface area contributed by atoms with Gasteiger partial charge in [0.1, 0.15) is 6.04 Å². The van der Waals surface area contributed by atoms with Crippen molar-refractivity contribution in [1.82, 2.24) is 10.2 Å². The molecule has 3 amide bonds. The highest BCUT2D eigenvalue weighted by atomic mass is 16.6. The molecule has 0 saturated carbocycles. The van der Waals surface area contributed by atoms with Gasteiger partial charge < -0.3 is 22.1 Å². The number of hydrogen-bond acceptors (Lipinski definition) is 8. The molecule has 0 spiro atoms. The second kappa shape index (κ2) is 12.8. The maximum atomic E-state index is 13.2. The lowest BCUT2D eigenvalue weighted by Gasteiger charge is -2.31. The van der Waals surface area contributed by atoms with Crippen molar-refractivity contribution in [3.05, 3.63) is 34.4 Å². The number of nitro benzene ring substituents is 1. The standard InChI is InChI=1S/C21H32N6O5/c22-12-2-1-6-18(20(29)25-15-8-10-16(11-9-15)27(31)32)26(19(28)7-3-13-23)21(30)17-5-4-14-24-17/h8-11,17-18,24H,1-7,12-14,22-23H2,(H,25,29)/t17-,18-/m0/s1. The Balaban J connectivity index is 2.28. The Kier molecular flexibility index (Phi) is 10.2. The van der Waals surface area contributed by atoms with Gasteiger partial charge in [-0.3, -0.25) is 29.4 Å². The zero-order chi connectivity index (χ0) is 23.5. The fraction of sp³-hybridized carbons (Fsp3) is 0.571. The van der Waals surface area contributed by atoms with Crippen LogP contribution in [-0.2, 0) is 14.4 Å². The zero-order valence-electron chi connectivity index (χ0n) is 18.1. The number of amides is 3. The lowest BCUT2D eigenvalue weighted by Crippen LogP contribution is -2.55. The first kappa shape index (κ1) is 25.4. The molecule has 1 aliphatic rings. The number of nitrogens with two attached hydrogens (primary N) is 2. The van der Waals surface area contributed by atoms with Crippen LogP contribution in [0.3, 0.4) is 0 Å². The summed E-state index contributed by atoms with van der Waals surface area (Å²) in [5.74, 6) is -1.38. The minimum Gasteiger partial charge on any atom is -0.330 e. The highest BCUT2D eigenvalue weighted by Crippen LogP contribution is 2.20. The van der Waals surface area contributed by atoms with E-state index in [9.17, 15) is 24.5 Å². The van der Waals surface area contributed by atoms with E-state index in [1.165, 1.54) is 24.3 Å². The van der Waals surface area contributed by atoms with Gasteiger partial charge in [0.15, 0.2) is 0 Å². The van der Waals surface area contributed by atoms with E-state index < -0.39 is 34.7 Å². The third-order valence-electron chi connectivity index (χ3n) is 5.35. The number of imide groups is 1. The van der Waals surface area contributed by atoms with Crippen molar-refractivity contribution in [3.63, 3.8) is 0 Å². The van der Waals surface area contributed by atoms with Crippen molar-refractivity contribution in [2.45, 2.75) is 57.0 Å². The van der Waals surface area contributed by atoms with E-state index >= 15 is 0 Å². The molecule has 11 nitrogen and oxygen atoms in total. The molecule has 6 N–H and O–H groups in total. The number of non-ortho nitro benzene ring substituents is 1. The molecule has 1 aromatic carbocycles. The zero-order valence-corrected chi connectivity index (χ0v) is 18.1. The van der Waals surface area contributed by atoms with Crippen molar-refractivity contribution in [2.24, 2.45) is 11.5 Å². The van der Waals surface area contributed by atoms with Gasteiger partial charge in [-0.1, -0.05) is 0 Å². The third kappa shape index (κ3) is 7.08. The molecular formula is C21H32N6O5. The molecule has 0 bridgehead atoms. The van der Waals surface area contributed by atoms with Gasteiger partial charge in [0, 0.05) is 24.2 Å². The molecule has 0 aliphatic carbocycles. The molecule has 0 radical (unpaired) electrons. The average Bonchev–Trinajstić information content (AvgIpc) is 3.32. The summed E-state index contributed by atoms with van der Waals surface area (Å²) in [7, 11) is 0. The number of unbranched alkanes of at least 4 members (excludes halogenated alkanes) is 1. The Labute approximate surface area is 187 Å². The minimum absolute atomic E-state index is 0.0627. The summed E-state index contributed by atoms with van der Waals surface area (Å²) in [6.45, 7) is 1.40. The first-order chi connectivity index (χ1) is 15.4. The van der Waals surface area contributed by atoms with E-state index in [0.29, 0.717) is 51.0 Å². The molecule has 1 aliphatic heterocycles. The summed E-state index contributed by atoms with van der Waals surface area (Å²) in [6.07, 6.45) is 3.34. The summed E-state index contributed by atoms with van der Waals surface area (Å²) in [6, 6.07) is 3.84. The second-order valence-corrected chi connectivity index (χ2v) is 7.74. The van der Waals surface area contributed by atoms with Gasteiger partial charge in [0.05, 0.1) is 11.0 Å². The maximum absolute atomic E-state index is 13.2. The van der Waals surface area contributed by atoms with Gasteiger partial charge in [-0.15, -0.1) is 0 Å². The van der Waals surface area contributed by atoms with Gasteiger partial charge >= 0.3 is 0 Å². The maximum Gasteiger partial charge on any atom is 0.269 e. The van der Waals surface area contributed by atoms with Gasteiger partial charge in [0.2, 0.25) is 17.7 Å². The first-order valence-corrected chi connectivity index (χ1v) is 10.9. The molecule has 2 rings (SSSR count). The monoisotopic (exact) mass is 448 g/mol. The van der Waals surface area contributed by atoms with Crippen LogP contribution in [0.5, 0.6) is 0 Å². The van der Waals surface area contributed by atoms with Crippen LogP contribution in [-0.4, -0.2) is 59.3 Å². The Bertz CT molecular complexity index is 794. The SMILES string of the molecule is NCCCC[C@@H](C(=O)Nc1ccc([N+](=O)[O-])cc1)N(C(=O)CCCN)C(=O)[C@@H]1CCCN1. The van der Waals surface area contributed by atoms with Crippen molar-refractivity contribution < 1.29 is 19.3 Å². The quantitative estimate of drug-likeness (QED) is 0.207. The van der Waals surface area contributed by atoms with Gasteiger partial charge in [0.25, 0.3) is 5.69 Å². The molecule has 1 fully saturated rings. The van der Waals surface area contributed by atoms with Crippen LogP contribution in [0.15, 0.2) is 24.3 Å². The number of nitrogens with zero attached hydrogens (tertiary/aromatic N) is 2. The predicted molar refractivity (Wildman–Crippen MR) is 120 cm³/mol. The van der Waals surface area contributed by atoms with E-state index in [-0.39, 0.29) is 18.5 Å². The number of hydrogen-bond donors (Lipinski definition) is 4. The molecule has 1 saturated heterocycles. The lowest BCUT2D eigenvalue weighted by atomic mass is 10.0. The lowest BCUT2D eigenvalue weighted by molar-refractivity contribution is -0.384. The fourth-order valence-corrected chi connectivity index (χ4v) is 3.64. The molecule has 2 atom stereocenters. The minimum atomic E-state index is -1.02. The highest BCUT2D eigenvalue weighted by molar-refractivity contribution is 6.05. The van der Waals surface area contributed by atoms with Gasteiger partial charge in [-0.05, 0) is 70.3 Å². The summed E-state index contributed by atoms with van der Waals surface area (Å²) >= 11 is 0. The summed E-state index contributed by atoms with van der Waals surface area (Å²) in [4.78, 5) is 50.8. The topological polar surface area (TPSA) is 174 Å². The fourth-order valence-electron chi connectivity index (χ4n) is 3.64. The van der Waals surface area contributed by atoms with Crippen LogP contribution in [0.4, 0.5) is 11.4 Å². The van der Waals surface area contributed by atoms with Crippen LogP contribution in [0.2, 0.25) is 0 Å².